The number of aromatic nitrogens is 4. The van der Waals surface area contributed by atoms with Crippen molar-refractivity contribution >= 4 is 0 Å². The van der Waals surface area contributed by atoms with Crippen LogP contribution >= 0.6 is 0 Å². The van der Waals surface area contributed by atoms with E-state index < -0.39 is 0 Å². The summed E-state index contributed by atoms with van der Waals surface area (Å²) in [6.45, 7) is 8.87. The van der Waals surface area contributed by atoms with Crippen molar-refractivity contribution in [3.8, 4) is 0 Å². The van der Waals surface area contributed by atoms with E-state index in [9.17, 15) is 0 Å². The first-order chi connectivity index (χ1) is 12.1. The molecular weight excluding hydrogens is 316 g/mol. The van der Waals surface area contributed by atoms with Gasteiger partial charge in [0.05, 0.1) is 31.4 Å². The molecule has 0 aromatic carbocycles. The highest BCUT2D eigenvalue weighted by Crippen LogP contribution is 2.25. The molecule has 25 heavy (non-hydrogen) atoms. The van der Waals surface area contributed by atoms with Gasteiger partial charge in [-0.15, -0.1) is 0 Å². The SMILES string of the molecule is Cc1c(CN2Cc3ncn(C)c3C[C@@H]2CN2CCOCC2)cnn1C. The van der Waals surface area contributed by atoms with Crippen LogP contribution in [0.15, 0.2) is 12.5 Å². The standard InChI is InChI=1S/C18H28N6O/c1-14-15(9-20-22(14)3)10-24-12-17-18(21(2)13-19-17)8-16(24)11-23-4-6-25-7-5-23/h9,13,16H,4-8,10-12H2,1-3H3/t16-/m1/s1. The molecule has 0 radical (unpaired) electrons. The normalized spacial score (nSPS) is 22.3. The zero-order valence-electron chi connectivity index (χ0n) is 15.5. The molecule has 2 aromatic rings. The molecule has 7 heteroatoms. The summed E-state index contributed by atoms with van der Waals surface area (Å²) < 4.78 is 9.66. The number of hydrogen-bond acceptors (Lipinski definition) is 5. The molecule has 2 aromatic heterocycles. The minimum absolute atomic E-state index is 0.501. The molecule has 4 rings (SSSR count). The smallest absolute Gasteiger partial charge is 0.0949 e. The van der Waals surface area contributed by atoms with Crippen LogP contribution in [0.2, 0.25) is 0 Å². The maximum Gasteiger partial charge on any atom is 0.0949 e. The number of nitrogens with zero attached hydrogens (tertiary/aromatic N) is 6. The van der Waals surface area contributed by atoms with Crippen molar-refractivity contribution in [2.24, 2.45) is 14.1 Å². The number of rotatable bonds is 4. The molecule has 0 saturated carbocycles. The Labute approximate surface area is 149 Å². The van der Waals surface area contributed by atoms with E-state index in [1.807, 2.05) is 24.3 Å². The fraction of sp³-hybridized carbons (Fsp3) is 0.667. The van der Waals surface area contributed by atoms with E-state index in [-0.39, 0.29) is 0 Å². The molecule has 0 spiro atoms. The molecule has 0 amide bonds. The van der Waals surface area contributed by atoms with Crippen LogP contribution in [0, 0.1) is 6.92 Å². The number of imidazole rings is 1. The molecule has 2 aliphatic heterocycles. The van der Waals surface area contributed by atoms with Crippen molar-refractivity contribution in [2.45, 2.75) is 32.5 Å². The maximum atomic E-state index is 5.51. The summed E-state index contributed by atoms with van der Waals surface area (Å²) in [5, 5.41) is 4.41. The van der Waals surface area contributed by atoms with E-state index in [1.54, 1.807) is 0 Å². The van der Waals surface area contributed by atoms with Gasteiger partial charge in [-0.2, -0.15) is 5.10 Å². The van der Waals surface area contributed by atoms with Gasteiger partial charge < -0.3 is 9.30 Å². The minimum Gasteiger partial charge on any atom is -0.379 e. The number of aryl methyl sites for hydroxylation is 2. The lowest BCUT2D eigenvalue weighted by atomic mass is 10.0. The Bertz CT molecular complexity index is 730. The van der Waals surface area contributed by atoms with E-state index in [1.165, 1.54) is 22.6 Å². The van der Waals surface area contributed by atoms with Crippen molar-refractivity contribution in [1.29, 1.82) is 0 Å². The number of fused-ring (bicyclic) bond motifs is 1. The summed E-state index contributed by atoms with van der Waals surface area (Å²) in [5.41, 5.74) is 5.17. The van der Waals surface area contributed by atoms with Crippen molar-refractivity contribution < 1.29 is 4.74 Å². The first kappa shape index (κ1) is 16.8. The molecule has 1 fully saturated rings. The van der Waals surface area contributed by atoms with Gasteiger partial charge in [0.15, 0.2) is 0 Å². The van der Waals surface area contributed by atoms with E-state index in [0.29, 0.717) is 6.04 Å². The molecule has 0 unspecified atom stereocenters. The Hall–Kier alpha value is -1.70. The zero-order chi connectivity index (χ0) is 17.4. The fourth-order valence-electron chi connectivity index (χ4n) is 3.94. The van der Waals surface area contributed by atoms with Crippen LogP contribution in [0.1, 0.15) is 22.6 Å². The third-order valence-electron chi connectivity index (χ3n) is 5.73. The molecule has 1 saturated heterocycles. The van der Waals surface area contributed by atoms with Crippen LogP contribution in [0.25, 0.3) is 0 Å². The quantitative estimate of drug-likeness (QED) is 0.818. The van der Waals surface area contributed by atoms with Gasteiger partial charge in [0.1, 0.15) is 0 Å². The molecule has 0 bridgehead atoms. The molecule has 0 aliphatic carbocycles. The van der Waals surface area contributed by atoms with Gasteiger partial charge in [0.25, 0.3) is 0 Å². The van der Waals surface area contributed by atoms with Gasteiger partial charge in [-0.05, 0) is 6.92 Å². The summed E-state index contributed by atoms with van der Waals surface area (Å²) in [4.78, 5) is 9.74. The molecule has 1 atom stereocenters. The van der Waals surface area contributed by atoms with Gasteiger partial charge in [-0.3, -0.25) is 14.5 Å². The van der Waals surface area contributed by atoms with Crippen molar-refractivity contribution in [2.75, 3.05) is 32.8 Å². The van der Waals surface area contributed by atoms with Crippen molar-refractivity contribution in [3.63, 3.8) is 0 Å². The van der Waals surface area contributed by atoms with E-state index in [2.05, 4.69) is 38.4 Å². The molecule has 4 heterocycles. The second-order valence-corrected chi connectivity index (χ2v) is 7.30. The predicted molar refractivity (Wildman–Crippen MR) is 95.2 cm³/mol. The van der Waals surface area contributed by atoms with Gasteiger partial charge in [-0.1, -0.05) is 0 Å². The van der Waals surface area contributed by atoms with Crippen molar-refractivity contribution in [1.82, 2.24) is 29.1 Å². The van der Waals surface area contributed by atoms with E-state index >= 15 is 0 Å². The molecule has 2 aliphatic rings. The Kier molecular flexibility index (Phi) is 4.62. The lowest BCUT2D eigenvalue weighted by Gasteiger charge is -2.39. The first-order valence-electron chi connectivity index (χ1n) is 9.12. The largest absolute Gasteiger partial charge is 0.379 e. The topological polar surface area (TPSA) is 51.4 Å². The number of morpholine rings is 1. The Morgan fingerprint density at radius 1 is 1.24 bits per heavy atom. The molecule has 0 N–H and O–H groups in total. The average Bonchev–Trinajstić information content (AvgIpc) is 3.13. The van der Waals surface area contributed by atoms with Gasteiger partial charge >= 0.3 is 0 Å². The maximum absolute atomic E-state index is 5.51. The lowest BCUT2D eigenvalue weighted by Crippen LogP contribution is -2.50. The second kappa shape index (κ2) is 6.90. The summed E-state index contributed by atoms with van der Waals surface area (Å²) in [5.74, 6) is 0. The highest BCUT2D eigenvalue weighted by atomic mass is 16.5. The fourth-order valence-corrected chi connectivity index (χ4v) is 3.94. The zero-order valence-corrected chi connectivity index (χ0v) is 15.5. The van der Waals surface area contributed by atoms with Crippen LogP contribution in [-0.4, -0.2) is 68.0 Å². The third kappa shape index (κ3) is 3.36. The Morgan fingerprint density at radius 3 is 2.76 bits per heavy atom. The van der Waals surface area contributed by atoms with Crippen LogP contribution in [-0.2, 0) is 38.3 Å². The summed E-state index contributed by atoms with van der Waals surface area (Å²) >= 11 is 0. The third-order valence-corrected chi connectivity index (χ3v) is 5.73. The summed E-state index contributed by atoms with van der Waals surface area (Å²) in [7, 11) is 4.12. The van der Waals surface area contributed by atoms with Crippen LogP contribution in [0.4, 0.5) is 0 Å². The molecule has 136 valence electrons. The number of hydrogen-bond donors (Lipinski definition) is 0. The van der Waals surface area contributed by atoms with Gasteiger partial charge in [-0.25, -0.2) is 4.98 Å². The van der Waals surface area contributed by atoms with E-state index in [0.717, 1.165) is 52.4 Å². The van der Waals surface area contributed by atoms with Crippen LogP contribution in [0.5, 0.6) is 0 Å². The molecule has 7 nitrogen and oxygen atoms in total. The minimum atomic E-state index is 0.501. The average molecular weight is 344 g/mol. The Balaban J connectivity index is 1.55. The van der Waals surface area contributed by atoms with Crippen LogP contribution in [0.3, 0.4) is 0 Å². The highest BCUT2D eigenvalue weighted by molar-refractivity contribution is 5.21. The van der Waals surface area contributed by atoms with Gasteiger partial charge in [0.2, 0.25) is 0 Å². The second-order valence-electron chi connectivity index (χ2n) is 7.30. The summed E-state index contributed by atoms with van der Waals surface area (Å²) in [6, 6.07) is 0.501. The van der Waals surface area contributed by atoms with E-state index in [4.69, 9.17) is 4.74 Å². The van der Waals surface area contributed by atoms with Crippen molar-refractivity contribution in [3.05, 3.63) is 35.2 Å². The monoisotopic (exact) mass is 344 g/mol. The molecular formula is C18H28N6O. The summed E-state index contributed by atoms with van der Waals surface area (Å²) in [6.07, 6.45) is 5.02. The number of ether oxygens (including phenoxy) is 1. The van der Waals surface area contributed by atoms with Gasteiger partial charge in [0, 0.05) is 76.2 Å². The highest BCUT2D eigenvalue weighted by Gasteiger charge is 2.31. The first-order valence-corrected chi connectivity index (χ1v) is 9.12. The van der Waals surface area contributed by atoms with Crippen LogP contribution < -0.4 is 0 Å². The lowest BCUT2D eigenvalue weighted by molar-refractivity contribution is 0.0179. The predicted octanol–water partition coefficient (Wildman–Crippen LogP) is 0.721. The Morgan fingerprint density at radius 2 is 2.04 bits per heavy atom.